The van der Waals surface area contributed by atoms with E-state index in [0.29, 0.717) is 11.3 Å². The summed E-state index contributed by atoms with van der Waals surface area (Å²) in [5, 5.41) is 11.0. The van der Waals surface area contributed by atoms with Gasteiger partial charge in [0.05, 0.1) is 13.5 Å². The van der Waals surface area contributed by atoms with Gasteiger partial charge in [0.2, 0.25) is 0 Å². The lowest BCUT2D eigenvalue weighted by molar-refractivity contribution is -0.136. The molecule has 0 aliphatic heterocycles. The van der Waals surface area contributed by atoms with Crippen LogP contribution in [0.3, 0.4) is 0 Å². The lowest BCUT2D eigenvalue weighted by Crippen LogP contribution is -2.26. The lowest BCUT2D eigenvalue weighted by atomic mass is 10.1. The van der Waals surface area contributed by atoms with E-state index in [0.717, 1.165) is 5.56 Å². The molecule has 1 amide bonds. The number of carbonyl (C=O) groups is 2. The second kappa shape index (κ2) is 5.89. The first-order chi connectivity index (χ1) is 8.04. The van der Waals surface area contributed by atoms with Gasteiger partial charge in [-0.1, -0.05) is 0 Å². The van der Waals surface area contributed by atoms with Crippen LogP contribution >= 0.6 is 0 Å². The summed E-state index contributed by atoms with van der Waals surface area (Å²) in [4.78, 5) is 22.0. The van der Waals surface area contributed by atoms with Gasteiger partial charge in [-0.15, -0.1) is 0 Å². The van der Waals surface area contributed by atoms with E-state index in [4.69, 9.17) is 9.84 Å². The predicted octanol–water partition coefficient (Wildman–Crippen LogP) is 1.21. The number of amides is 1. The molecule has 1 aromatic carbocycles. The highest BCUT2D eigenvalue weighted by atomic mass is 16.5. The Morgan fingerprint density at radius 3 is 2.65 bits per heavy atom. The molecule has 92 valence electrons. The molecule has 0 bridgehead atoms. The maximum absolute atomic E-state index is 11.7. The van der Waals surface area contributed by atoms with Crippen molar-refractivity contribution in [3.8, 4) is 5.75 Å². The third kappa shape index (κ3) is 3.79. The smallest absolute Gasteiger partial charge is 0.305 e. The summed E-state index contributed by atoms with van der Waals surface area (Å²) in [6.45, 7) is 1.92. The van der Waals surface area contributed by atoms with Crippen LogP contribution in [0.2, 0.25) is 0 Å². The van der Waals surface area contributed by atoms with Crippen molar-refractivity contribution in [2.75, 3.05) is 13.7 Å². The van der Waals surface area contributed by atoms with Crippen LogP contribution in [0.4, 0.5) is 0 Å². The second-order valence-electron chi connectivity index (χ2n) is 3.58. The number of hydrogen-bond acceptors (Lipinski definition) is 3. The van der Waals surface area contributed by atoms with Crippen molar-refractivity contribution in [3.05, 3.63) is 29.3 Å². The third-order valence-electron chi connectivity index (χ3n) is 2.30. The van der Waals surface area contributed by atoms with E-state index < -0.39 is 5.97 Å². The van der Waals surface area contributed by atoms with Crippen LogP contribution in [-0.2, 0) is 4.79 Å². The molecule has 0 unspecified atom stereocenters. The fourth-order valence-electron chi connectivity index (χ4n) is 1.40. The molecule has 0 heterocycles. The standard InChI is InChI=1S/C12H15NO4/c1-8-7-9(17-2)3-4-10(8)12(16)13-6-5-11(14)15/h3-4,7H,5-6H2,1-2H3,(H,13,16)(H,14,15). The molecule has 2 N–H and O–H groups in total. The monoisotopic (exact) mass is 237 g/mol. The Hall–Kier alpha value is -2.04. The van der Waals surface area contributed by atoms with E-state index >= 15 is 0 Å². The van der Waals surface area contributed by atoms with Gasteiger partial charge in [-0.25, -0.2) is 0 Å². The molecule has 1 rings (SSSR count). The van der Waals surface area contributed by atoms with Crippen LogP contribution in [-0.4, -0.2) is 30.6 Å². The Balaban J connectivity index is 2.66. The highest BCUT2D eigenvalue weighted by Gasteiger charge is 2.09. The van der Waals surface area contributed by atoms with Crippen molar-refractivity contribution in [2.24, 2.45) is 0 Å². The molecule has 0 saturated heterocycles. The number of aliphatic carboxylic acids is 1. The topological polar surface area (TPSA) is 75.6 Å². The average Bonchev–Trinajstić information content (AvgIpc) is 2.28. The van der Waals surface area contributed by atoms with E-state index in [1.165, 1.54) is 0 Å². The Bertz CT molecular complexity index is 429. The molecule has 5 nitrogen and oxygen atoms in total. The van der Waals surface area contributed by atoms with Crippen LogP contribution in [0.5, 0.6) is 5.75 Å². The first-order valence-electron chi connectivity index (χ1n) is 5.19. The predicted molar refractivity (Wildman–Crippen MR) is 62.3 cm³/mol. The number of ether oxygens (including phenoxy) is 1. The minimum absolute atomic E-state index is 0.0824. The van der Waals surface area contributed by atoms with Gasteiger partial charge >= 0.3 is 5.97 Å². The van der Waals surface area contributed by atoms with Gasteiger partial charge in [0.1, 0.15) is 5.75 Å². The van der Waals surface area contributed by atoms with Gasteiger partial charge in [0.25, 0.3) is 5.91 Å². The maximum Gasteiger partial charge on any atom is 0.305 e. The highest BCUT2D eigenvalue weighted by molar-refractivity contribution is 5.95. The quantitative estimate of drug-likeness (QED) is 0.807. The van der Waals surface area contributed by atoms with Crippen LogP contribution < -0.4 is 10.1 Å². The Kier molecular flexibility index (Phi) is 4.51. The van der Waals surface area contributed by atoms with Crippen LogP contribution in [0, 0.1) is 6.92 Å². The van der Waals surface area contributed by atoms with Gasteiger partial charge in [0, 0.05) is 12.1 Å². The van der Waals surface area contributed by atoms with Crippen molar-refractivity contribution >= 4 is 11.9 Å². The SMILES string of the molecule is COc1ccc(C(=O)NCCC(=O)O)c(C)c1. The van der Waals surface area contributed by atoms with Gasteiger partial charge in [-0.3, -0.25) is 9.59 Å². The molecule has 5 heteroatoms. The number of carboxylic acid groups (broad SMARTS) is 1. The second-order valence-corrected chi connectivity index (χ2v) is 3.58. The van der Waals surface area contributed by atoms with E-state index in [9.17, 15) is 9.59 Å². The molecule has 1 aromatic rings. The summed E-state index contributed by atoms with van der Waals surface area (Å²) in [7, 11) is 1.56. The number of carboxylic acids is 1. The minimum Gasteiger partial charge on any atom is -0.497 e. The molecule has 0 saturated carbocycles. The van der Waals surface area contributed by atoms with Gasteiger partial charge in [0.15, 0.2) is 0 Å². The summed E-state index contributed by atoms with van der Waals surface area (Å²) in [6.07, 6.45) is -0.0824. The summed E-state index contributed by atoms with van der Waals surface area (Å²) < 4.78 is 5.03. The van der Waals surface area contributed by atoms with Crippen molar-refractivity contribution < 1.29 is 19.4 Å². The lowest BCUT2D eigenvalue weighted by Gasteiger charge is -2.08. The molecule has 0 aliphatic rings. The molecular formula is C12H15NO4. The zero-order valence-corrected chi connectivity index (χ0v) is 9.82. The molecule has 0 aliphatic carbocycles. The van der Waals surface area contributed by atoms with E-state index in [2.05, 4.69) is 5.32 Å². The van der Waals surface area contributed by atoms with Crippen LogP contribution in [0.25, 0.3) is 0 Å². The minimum atomic E-state index is -0.934. The number of methoxy groups -OCH3 is 1. The van der Waals surface area contributed by atoms with Crippen molar-refractivity contribution in [1.82, 2.24) is 5.32 Å². The van der Waals surface area contributed by atoms with E-state index in [1.807, 2.05) is 0 Å². The summed E-state index contributed by atoms with van der Waals surface area (Å²) in [5.41, 5.74) is 1.31. The van der Waals surface area contributed by atoms with Crippen LogP contribution in [0.15, 0.2) is 18.2 Å². The summed E-state index contributed by atoms with van der Waals surface area (Å²) in [6, 6.07) is 5.11. The van der Waals surface area contributed by atoms with E-state index in [-0.39, 0.29) is 18.9 Å². The maximum atomic E-state index is 11.7. The average molecular weight is 237 g/mol. The number of benzene rings is 1. The Labute approximate surface area is 99.4 Å². The first-order valence-corrected chi connectivity index (χ1v) is 5.19. The number of rotatable bonds is 5. The normalized spacial score (nSPS) is 9.76. The fraction of sp³-hybridized carbons (Fsp3) is 0.333. The fourth-order valence-corrected chi connectivity index (χ4v) is 1.40. The largest absolute Gasteiger partial charge is 0.497 e. The zero-order chi connectivity index (χ0) is 12.8. The highest BCUT2D eigenvalue weighted by Crippen LogP contribution is 2.16. The molecule has 17 heavy (non-hydrogen) atoms. The zero-order valence-electron chi connectivity index (χ0n) is 9.82. The molecule has 0 aromatic heterocycles. The number of carbonyl (C=O) groups excluding carboxylic acids is 1. The molecule has 0 spiro atoms. The van der Waals surface area contributed by atoms with Crippen molar-refractivity contribution in [1.29, 1.82) is 0 Å². The third-order valence-corrected chi connectivity index (χ3v) is 2.30. The summed E-state index contributed by atoms with van der Waals surface area (Å²) in [5.74, 6) is -0.521. The van der Waals surface area contributed by atoms with Gasteiger partial charge in [-0.2, -0.15) is 0 Å². The number of nitrogens with one attached hydrogen (secondary N) is 1. The Morgan fingerprint density at radius 2 is 2.12 bits per heavy atom. The van der Waals surface area contributed by atoms with E-state index in [1.54, 1.807) is 32.2 Å². The molecular weight excluding hydrogens is 222 g/mol. The first kappa shape index (κ1) is 13.0. The van der Waals surface area contributed by atoms with Gasteiger partial charge < -0.3 is 15.2 Å². The van der Waals surface area contributed by atoms with Crippen LogP contribution in [0.1, 0.15) is 22.3 Å². The summed E-state index contributed by atoms with van der Waals surface area (Å²) >= 11 is 0. The molecule has 0 atom stereocenters. The molecule has 0 radical (unpaired) electrons. The van der Waals surface area contributed by atoms with Crippen molar-refractivity contribution in [2.45, 2.75) is 13.3 Å². The van der Waals surface area contributed by atoms with Crippen molar-refractivity contribution in [3.63, 3.8) is 0 Å². The van der Waals surface area contributed by atoms with Gasteiger partial charge in [-0.05, 0) is 30.7 Å². The number of hydrogen-bond donors (Lipinski definition) is 2. The Morgan fingerprint density at radius 1 is 1.41 bits per heavy atom. The molecule has 0 fully saturated rings. The number of aryl methyl sites for hydroxylation is 1.